The lowest BCUT2D eigenvalue weighted by atomic mass is 10.2. The van der Waals surface area contributed by atoms with Crippen molar-refractivity contribution < 1.29 is 27.4 Å². The molecule has 1 fully saturated rings. The molecule has 1 unspecified atom stereocenters. The lowest BCUT2D eigenvalue weighted by Gasteiger charge is -2.35. The van der Waals surface area contributed by atoms with E-state index in [-0.39, 0.29) is 49.2 Å². The van der Waals surface area contributed by atoms with Crippen LogP contribution in [0.25, 0.3) is 0 Å². The van der Waals surface area contributed by atoms with E-state index in [4.69, 9.17) is 4.74 Å². The summed E-state index contributed by atoms with van der Waals surface area (Å²) >= 11 is 0. The molecule has 166 valence electrons. The maximum Gasteiger partial charge on any atom is 0.573 e. The minimum absolute atomic E-state index is 0. The van der Waals surface area contributed by atoms with Gasteiger partial charge in [0, 0.05) is 31.5 Å². The highest BCUT2D eigenvalue weighted by Gasteiger charge is 2.31. The third-order valence-corrected chi connectivity index (χ3v) is 4.03. The predicted molar refractivity (Wildman–Crippen MR) is 110 cm³/mol. The number of carbonyl (C=O) groups is 1. The van der Waals surface area contributed by atoms with Crippen LogP contribution < -0.4 is 20.1 Å². The smallest absolute Gasteiger partial charge is 0.490 e. The topological polar surface area (TPSA) is 75.7 Å². The molecule has 7 nitrogen and oxygen atoms in total. The Kier molecular flexibility index (Phi) is 9.97. The average Bonchev–Trinajstić information content (AvgIpc) is 2.68. The molecule has 0 spiro atoms. The highest BCUT2D eigenvalue weighted by Crippen LogP contribution is 2.24. The number of anilines is 1. The number of ether oxygens (including phenoxy) is 2. The van der Waals surface area contributed by atoms with Crippen molar-refractivity contribution in [2.45, 2.75) is 12.4 Å². The monoisotopic (exact) mass is 468 g/mol. The maximum absolute atomic E-state index is 12.6. The van der Waals surface area contributed by atoms with Gasteiger partial charge in [0.05, 0.1) is 12.2 Å². The Hall–Kier alpha value is -2.43. The van der Waals surface area contributed by atoms with Crippen molar-refractivity contribution in [1.82, 2.24) is 15.2 Å². The molecule has 0 aliphatic carbocycles. The number of nitrogens with one attached hydrogen (secondary N) is 2. The molecule has 1 aromatic heterocycles. The van der Waals surface area contributed by atoms with Crippen molar-refractivity contribution in [1.29, 1.82) is 0 Å². The molecule has 0 bridgehead atoms. The lowest BCUT2D eigenvalue weighted by Crippen LogP contribution is -2.57. The molecule has 1 saturated heterocycles. The second-order valence-corrected chi connectivity index (χ2v) is 6.05. The third kappa shape index (κ3) is 7.77. The molecule has 1 atom stereocenters. The van der Waals surface area contributed by atoms with Crippen LogP contribution in [0.3, 0.4) is 0 Å². The van der Waals surface area contributed by atoms with Crippen LogP contribution in [0.5, 0.6) is 11.5 Å². The van der Waals surface area contributed by atoms with Crippen molar-refractivity contribution in [2.75, 3.05) is 31.6 Å². The van der Waals surface area contributed by atoms with E-state index in [2.05, 4.69) is 20.4 Å². The summed E-state index contributed by atoms with van der Waals surface area (Å²) in [4.78, 5) is 18.2. The van der Waals surface area contributed by atoms with Gasteiger partial charge in [-0.1, -0.05) is 0 Å². The Morgan fingerprint density at radius 1 is 1.20 bits per heavy atom. The number of halogens is 5. The number of nitrogens with zero attached hydrogens (tertiary/aromatic N) is 2. The van der Waals surface area contributed by atoms with Crippen molar-refractivity contribution in [3.05, 3.63) is 48.8 Å². The molecule has 2 heterocycles. The summed E-state index contributed by atoms with van der Waals surface area (Å²) in [6, 6.07) is 7.95. The van der Waals surface area contributed by atoms with E-state index in [0.717, 1.165) is 12.1 Å². The molecular weight excluding hydrogens is 448 g/mol. The molecule has 0 saturated carbocycles. The number of alkyl halides is 3. The maximum atomic E-state index is 12.6. The molecule has 12 heteroatoms. The van der Waals surface area contributed by atoms with E-state index in [0.29, 0.717) is 31.1 Å². The number of benzene rings is 1. The first-order valence-corrected chi connectivity index (χ1v) is 8.58. The van der Waals surface area contributed by atoms with Gasteiger partial charge in [0.1, 0.15) is 18.1 Å². The molecule has 2 N–H and O–H groups in total. The lowest BCUT2D eigenvalue weighted by molar-refractivity contribution is -0.274. The van der Waals surface area contributed by atoms with Crippen molar-refractivity contribution in [3.63, 3.8) is 0 Å². The zero-order valence-corrected chi connectivity index (χ0v) is 17.2. The molecule has 1 aliphatic heterocycles. The Morgan fingerprint density at radius 2 is 1.93 bits per heavy atom. The fourth-order valence-electron chi connectivity index (χ4n) is 2.74. The first kappa shape index (κ1) is 25.6. The van der Waals surface area contributed by atoms with E-state index >= 15 is 0 Å². The number of amides is 2. The van der Waals surface area contributed by atoms with Crippen LogP contribution in [-0.2, 0) is 0 Å². The highest BCUT2D eigenvalue weighted by atomic mass is 35.5. The van der Waals surface area contributed by atoms with Gasteiger partial charge in [-0.05, 0) is 36.4 Å². The van der Waals surface area contributed by atoms with Gasteiger partial charge in [-0.3, -0.25) is 4.98 Å². The van der Waals surface area contributed by atoms with Crippen molar-refractivity contribution >= 4 is 36.5 Å². The molecule has 30 heavy (non-hydrogen) atoms. The molecule has 3 rings (SSSR count). The summed E-state index contributed by atoms with van der Waals surface area (Å²) in [6.07, 6.45) is -1.53. The molecule has 0 radical (unpaired) electrons. The van der Waals surface area contributed by atoms with Gasteiger partial charge >= 0.3 is 12.4 Å². The van der Waals surface area contributed by atoms with Gasteiger partial charge in [-0.15, -0.1) is 38.0 Å². The Bertz CT molecular complexity index is 782. The third-order valence-electron chi connectivity index (χ3n) is 4.03. The number of carbonyl (C=O) groups excluding carboxylic acids is 1. The van der Waals surface area contributed by atoms with Crippen molar-refractivity contribution in [3.8, 4) is 11.5 Å². The highest BCUT2D eigenvalue weighted by molar-refractivity contribution is 5.89. The normalized spacial score (nSPS) is 16.0. The number of piperazine rings is 1. The molecule has 2 amide bonds. The van der Waals surface area contributed by atoms with Crippen LogP contribution in [0.15, 0.2) is 48.8 Å². The van der Waals surface area contributed by atoms with Gasteiger partial charge < -0.3 is 25.0 Å². The van der Waals surface area contributed by atoms with Crippen LogP contribution >= 0.6 is 24.8 Å². The standard InChI is InChI=1S/C18H19F3N4O3.2ClH/c19-18(20,21)28-15-5-3-13(4-6-15)24-17(26)25-9-8-23-10-14(25)12-27-16-2-1-7-22-11-16;;/h1-7,11,14,23H,8-10,12H2,(H,24,26);2*1H. The van der Waals surface area contributed by atoms with Gasteiger partial charge in [0.15, 0.2) is 0 Å². The largest absolute Gasteiger partial charge is 0.573 e. The summed E-state index contributed by atoms with van der Waals surface area (Å²) in [6.45, 7) is 1.95. The van der Waals surface area contributed by atoms with E-state index in [1.807, 2.05) is 0 Å². The second kappa shape index (κ2) is 11.7. The predicted octanol–water partition coefficient (Wildman–Crippen LogP) is 3.71. The van der Waals surface area contributed by atoms with Crippen LogP contribution in [0.2, 0.25) is 0 Å². The first-order valence-electron chi connectivity index (χ1n) is 8.58. The summed E-state index contributed by atoms with van der Waals surface area (Å²) in [5.74, 6) is 0.254. The summed E-state index contributed by atoms with van der Waals surface area (Å²) in [5.41, 5.74) is 0.366. The summed E-state index contributed by atoms with van der Waals surface area (Å²) < 4.78 is 46.1. The zero-order chi connectivity index (χ0) is 20.0. The fourth-order valence-corrected chi connectivity index (χ4v) is 2.74. The molecule has 2 aromatic rings. The SMILES string of the molecule is Cl.Cl.O=C(Nc1ccc(OC(F)(F)F)cc1)N1CCNCC1COc1cccnc1. The van der Waals surface area contributed by atoms with E-state index < -0.39 is 6.36 Å². The van der Waals surface area contributed by atoms with Gasteiger partial charge in [0.25, 0.3) is 0 Å². The van der Waals surface area contributed by atoms with Crippen LogP contribution in [-0.4, -0.2) is 54.6 Å². The first-order chi connectivity index (χ1) is 13.4. The number of aromatic nitrogens is 1. The molecule has 1 aromatic carbocycles. The fraction of sp³-hybridized carbons (Fsp3) is 0.333. The quantitative estimate of drug-likeness (QED) is 0.699. The Labute approximate surface area is 183 Å². The van der Waals surface area contributed by atoms with Crippen molar-refractivity contribution in [2.24, 2.45) is 0 Å². The van der Waals surface area contributed by atoms with E-state index in [9.17, 15) is 18.0 Å². The van der Waals surface area contributed by atoms with Crippen LogP contribution in [0, 0.1) is 0 Å². The molecule has 1 aliphatic rings. The minimum Gasteiger partial charge on any atom is -0.490 e. The number of rotatable bonds is 5. The summed E-state index contributed by atoms with van der Waals surface area (Å²) in [7, 11) is 0. The van der Waals surface area contributed by atoms with Gasteiger partial charge in [-0.25, -0.2) is 4.79 Å². The Morgan fingerprint density at radius 3 is 2.57 bits per heavy atom. The number of urea groups is 1. The number of hydrogen-bond acceptors (Lipinski definition) is 5. The summed E-state index contributed by atoms with van der Waals surface area (Å²) in [5, 5.41) is 5.89. The second-order valence-electron chi connectivity index (χ2n) is 6.05. The molecular formula is C18H21Cl2F3N4O3. The zero-order valence-electron chi connectivity index (χ0n) is 15.6. The van der Waals surface area contributed by atoms with E-state index in [1.165, 1.54) is 12.1 Å². The number of hydrogen-bond donors (Lipinski definition) is 2. The minimum atomic E-state index is -4.76. The van der Waals surface area contributed by atoms with Gasteiger partial charge in [-0.2, -0.15) is 0 Å². The van der Waals surface area contributed by atoms with Gasteiger partial charge in [0.2, 0.25) is 0 Å². The average molecular weight is 469 g/mol. The number of pyridine rings is 1. The Balaban J connectivity index is 0.00000225. The van der Waals surface area contributed by atoms with E-state index in [1.54, 1.807) is 29.4 Å². The van der Waals surface area contributed by atoms with Crippen LogP contribution in [0.1, 0.15) is 0 Å². The van der Waals surface area contributed by atoms with Crippen LogP contribution in [0.4, 0.5) is 23.7 Å².